The van der Waals surface area contributed by atoms with Gasteiger partial charge >= 0.3 is 0 Å². The van der Waals surface area contributed by atoms with Gasteiger partial charge in [-0.15, -0.1) is 11.8 Å². The van der Waals surface area contributed by atoms with Crippen LogP contribution in [0.1, 0.15) is 26.7 Å². The first kappa shape index (κ1) is 13.0. The van der Waals surface area contributed by atoms with E-state index in [-0.39, 0.29) is 0 Å². The Morgan fingerprint density at radius 1 is 1.24 bits per heavy atom. The van der Waals surface area contributed by atoms with Crippen molar-refractivity contribution in [3.05, 3.63) is 30.3 Å². The van der Waals surface area contributed by atoms with Gasteiger partial charge in [-0.1, -0.05) is 32.0 Å². The molecule has 1 aliphatic rings. The maximum Gasteiger partial charge on any atom is 0.0106 e. The van der Waals surface area contributed by atoms with E-state index in [1.807, 2.05) is 11.8 Å². The van der Waals surface area contributed by atoms with Gasteiger partial charge in [-0.2, -0.15) is 0 Å². The zero-order valence-electron chi connectivity index (χ0n) is 10.9. The summed E-state index contributed by atoms with van der Waals surface area (Å²) in [5.41, 5.74) is 0. The molecule has 0 saturated heterocycles. The Kier molecular flexibility index (Phi) is 4.93. The van der Waals surface area contributed by atoms with Crippen molar-refractivity contribution in [2.45, 2.75) is 37.6 Å². The Labute approximate surface area is 109 Å². The summed E-state index contributed by atoms with van der Waals surface area (Å²) in [6, 6.07) is 11.4. The van der Waals surface area contributed by atoms with Crippen LogP contribution >= 0.6 is 11.8 Å². The quantitative estimate of drug-likeness (QED) is 0.608. The Morgan fingerprint density at radius 2 is 1.94 bits per heavy atom. The second kappa shape index (κ2) is 6.46. The molecule has 0 bridgehead atoms. The summed E-state index contributed by atoms with van der Waals surface area (Å²) in [4.78, 5) is 1.38. The molecule has 94 valence electrons. The van der Waals surface area contributed by atoms with Crippen molar-refractivity contribution in [3.63, 3.8) is 0 Å². The predicted molar refractivity (Wildman–Crippen MR) is 76.5 cm³/mol. The lowest BCUT2D eigenvalue weighted by Crippen LogP contribution is -2.43. The highest BCUT2D eigenvalue weighted by atomic mass is 32.2. The van der Waals surface area contributed by atoms with Crippen molar-refractivity contribution < 1.29 is 0 Å². The summed E-state index contributed by atoms with van der Waals surface area (Å²) >= 11 is 1.94. The van der Waals surface area contributed by atoms with Crippen LogP contribution in [0, 0.1) is 11.8 Å². The zero-order valence-corrected chi connectivity index (χ0v) is 11.7. The van der Waals surface area contributed by atoms with Crippen molar-refractivity contribution in [1.29, 1.82) is 0 Å². The summed E-state index contributed by atoms with van der Waals surface area (Å²) in [5.74, 6) is 3.01. The van der Waals surface area contributed by atoms with Gasteiger partial charge in [0, 0.05) is 23.2 Å². The number of rotatable bonds is 6. The van der Waals surface area contributed by atoms with E-state index in [0.29, 0.717) is 0 Å². The largest absolute Gasteiger partial charge is 0.313 e. The van der Waals surface area contributed by atoms with Gasteiger partial charge in [0.15, 0.2) is 0 Å². The Hall–Kier alpha value is -0.470. The number of thioether (sulfide) groups is 1. The SMILES string of the molecule is CC(C)C1CC(NCCSc2ccccc2)C1. The van der Waals surface area contributed by atoms with Crippen LogP contribution in [0.2, 0.25) is 0 Å². The highest BCUT2D eigenvalue weighted by molar-refractivity contribution is 7.99. The van der Waals surface area contributed by atoms with E-state index in [4.69, 9.17) is 0 Å². The van der Waals surface area contributed by atoms with Crippen LogP contribution in [-0.4, -0.2) is 18.3 Å². The smallest absolute Gasteiger partial charge is 0.0106 e. The van der Waals surface area contributed by atoms with Gasteiger partial charge in [0.25, 0.3) is 0 Å². The van der Waals surface area contributed by atoms with E-state index in [2.05, 4.69) is 49.5 Å². The standard InChI is InChI=1S/C15H23NS/c1-12(2)13-10-14(11-13)16-8-9-17-15-6-4-3-5-7-15/h3-7,12-14,16H,8-11H2,1-2H3. The highest BCUT2D eigenvalue weighted by Gasteiger charge is 2.30. The molecule has 0 atom stereocenters. The van der Waals surface area contributed by atoms with E-state index in [1.54, 1.807) is 0 Å². The average Bonchev–Trinajstić information content (AvgIpc) is 2.27. The molecule has 0 amide bonds. The van der Waals surface area contributed by atoms with Crippen LogP contribution < -0.4 is 5.32 Å². The van der Waals surface area contributed by atoms with Crippen molar-refractivity contribution >= 4 is 11.8 Å². The summed E-state index contributed by atoms with van der Waals surface area (Å²) in [7, 11) is 0. The molecule has 0 spiro atoms. The molecule has 1 aromatic rings. The van der Waals surface area contributed by atoms with Gasteiger partial charge in [-0.25, -0.2) is 0 Å². The summed E-state index contributed by atoms with van der Waals surface area (Å²) in [6.07, 6.45) is 2.77. The zero-order chi connectivity index (χ0) is 12.1. The van der Waals surface area contributed by atoms with Crippen molar-refractivity contribution in [2.24, 2.45) is 11.8 Å². The molecule has 1 nitrogen and oxygen atoms in total. The summed E-state index contributed by atoms with van der Waals surface area (Å²) in [6.45, 7) is 5.81. The molecule has 1 N–H and O–H groups in total. The van der Waals surface area contributed by atoms with Gasteiger partial charge < -0.3 is 5.32 Å². The topological polar surface area (TPSA) is 12.0 Å². The third-order valence-corrected chi connectivity index (χ3v) is 4.68. The summed E-state index contributed by atoms with van der Waals surface area (Å²) < 4.78 is 0. The molecule has 1 fully saturated rings. The average molecular weight is 249 g/mol. The van der Waals surface area contributed by atoms with Crippen LogP contribution in [0.15, 0.2) is 35.2 Å². The van der Waals surface area contributed by atoms with Crippen molar-refractivity contribution in [1.82, 2.24) is 5.32 Å². The molecule has 0 unspecified atom stereocenters. The van der Waals surface area contributed by atoms with Crippen LogP contribution in [-0.2, 0) is 0 Å². The molecule has 2 heteroatoms. The normalized spacial score (nSPS) is 23.7. The number of benzene rings is 1. The lowest BCUT2D eigenvalue weighted by atomic mass is 9.74. The second-order valence-corrected chi connectivity index (χ2v) is 6.46. The van der Waals surface area contributed by atoms with Crippen LogP contribution in [0.25, 0.3) is 0 Å². The van der Waals surface area contributed by atoms with E-state index in [1.165, 1.54) is 23.5 Å². The molecule has 1 saturated carbocycles. The number of hydrogen-bond donors (Lipinski definition) is 1. The first-order chi connectivity index (χ1) is 8.25. The second-order valence-electron chi connectivity index (χ2n) is 5.29. The third-order valence-electron chi connectivity index (χ3n) is 3.66. The minimum Gasteiger partial charge on any atom is -0.313 e. The monoisotopic (exact) mass is 249 g/mol. The molecular weight excluding hydrogens is 226 g/mol. The molecule has 17 heavy (non-hydrogen) atoms. The molecule has 0 aromatic heterocycles. The van der Waals surface area contributed by atoms with Gasteiger partial charge in [0.2, 0.25) is 0 Å². The van der Waals surface area contributed by atoms with E-state index in [9.17, 15) is 0 Å². The van der Waals surface area contributed by atoms with Gasteiger partial charge in [0.05, 0.1) is 0 Å². The predicted octanol–water partition coefficient (Wildman–Crippen LogP) is 3.80. The Bertz CT molecular complexity index is 317. The molecule has 2 rings (SSSR count). The number of nitrogens with one attached hydrogen (secondary N) is 1. The van der Waals surface area contributed by atoms with E-state index < -0.39 is 0 Å². The van der Waals surface area contributed by atoms with Crippen LogP contribution in [0.3, 0.4) is 0 Å². The Morgan fingerprint density at radius 3 is 2.59 bits per heavy atom. The minimum absolute atomic E-state index is 0.791. The maximum absolute atomic E-state index is 3.65. The molecule has 1 aromatic carbocycles. The van der Waals surface area contributed by atoms with Crippen LogP contribution in [0.5, 0.6) is 0 Å². The van der Waals surface area contributed by atoms with Gasteiger partial charge in [-0.05, 0) is 36.8 Å². The van der Waals surface area contributed by atoms with Crippen molar-refractivity contribution in [2.75, 3.05) is 12.3 Å². The lowest BCUT2D eigenvalue weighted by molar-refractivity contribution is 0.171. The van der Waals surface area contributed by atoms with Crippen LogP contribution in [0.4, 0.5) is 0 Å². The third kappa shape index (κ3) is 4.04. The van der Waals surface area contributed by atoms with Gasteiger partial charge in [-0.3, -0.25) is 0 Å². The van der Waals surface area contributed by atoms with E-state index >= 15 is 0 Å². The van der Waals surface area contributed by atoms with Crippen molar-refractivity contribution in [3.8, 4) is 0 Å². The molecule has 0 aliphatic heterocycles. The molecular formula is C15H23NS. The van der Waals surface area contributed by atoms with Gasteiger partial charge in [0.1, 0.15) is 0 Å². The lowest BCUT2D eigenvalue weighted by Gasteiger charge is -2.38. The Balaban J connectivity index is 1.53. The minimum atomic E-state index is 0.791. The molecule has 0 radical (unpaired) electrons. The highest BCUT2D eigenvalue weighted by Crippen LogP contribution is 2.33. The van der Waals surface area contributed by atoms with E-state index in [0.717, 1.165) is 24.4 Å². The molecule has 0 heterocycles. The molecule has 1 aliphatic carbocycles. The first-order valence-corrected chi connectivity index (χ1v) is 7.65. The summed E-state index contributed by atoms with van der Waals surface area (Å²) in [5, 5.41) is 3.65. The fraction of sp³-hybridized carbons (Fsp3) is 0.600. The maximum atomic E-state index is 3.65. The number of hydrogen-bond acceptors (Lipinski definition) is 2. The first-order valence-electron chi connectivity index (χ1n) is 6.67. The fourth-order valence-electron chi connectivity index (χ4n) is 2.32. The fourth-order valence-corrected chi connectivity index (χ4v) is 3.13.